The minimum atomic E-state index is -0.325. The van der Waals surface area contributed by atoms with Crippen molar-refractivity contribution in [1.29, 1.82) is 0 Å². The van der Waals surface area contributed by atoms with E-state index in [-0.39, 0.29) is 11.8 Å². The summed E-state index contributed by atoms with van der Waals surface area (Å²) in [5.74, 6) is 1.28. The molecule has 1 saturated carbocycles. The van der Waals surface area contributed by atoms with Gasteiger partial charge in [-0.3, -0.25) is 0 Å². The molecule has 2 aliphatic rings. The number of anilines is 3. The van der Waals surface area contributed by atoms with Crippen molar-refractivity contribution in [2.45, 2.75) is 12.8 Å². The first-order valence-electron chi connectivity index (χ1n) is 11.0. The van der Waals surface area contributed by atoms with Gasteiger partial charge < -0.3 is 20.4 Å². The number of amides is 2. The molecule has 5 rings (SSSR count). The Kier molecular flexibility index (Phi) is 5.74. The van der Waals surface area contributed by atoms with E-state index in [9.17, 15) is 9.18 Å². The molecule has 1 saturated heterocycles. The summed E-state index contributed by atoms with van der Waals surface area (Å²) in [6.45, 7) is 3.54. The van der Waals surface area contributed by atoms with Crippen LogP contribution in [0.1, 0.15) is 12.8 Å². The summed E-state index contributed by atoms with van der Waals surface area (Å²) in [6, 6.07) is 13.5. The maximum Gasteiger partial charge on any atom is 0.321 e. The summed E-state index contributed by atoms with van der Waals surface area (Å²) in [6.07, 6.45) is 2.56. The molecule has 1 aromatic heterocycles. The molecule has 2 heterocycles. The molecule has 0 spiro atoms. The van der Waals surface area contributed by atoms with Crippen LogP contribution in [0.25, 0.3) is 10.9 Å². The minimum Gasteiger partial charge on any atom is -0.370 e. The van der Waals surface area contributed by atoms with E-state index in [2.05, 4.69) is 21.6 Å². The van der Waals surface area contributed by atoms with E-state index in [1.165, 1.54) is 25.0 Å². The van der Waals surface area contributed by atoms with Crippen molar-refractivity contribution in [2.24, 2.45) is 5.92 Å². The van der Waals surface area contributed by atoms with Crippen molar-refractivity contribution in [1.82, 2.24) is 9.88 Å². The topological polar surface area (TPSA) is 60.5 Å². The van der Waals surface area contributed by atoms with Gasteiger partial charge in [-0.1, -0.05) is 11.6 Å². The van der Waals surface area contributed by atoms with Gasteiger partial charge in [0.15, 0.2) is 0 Å². The summed E-state index contributed by atoms with van der Waals surface area (Å²) >= 11 is 6.23. The third-order valence-electron chi connectivity index (χ3n) is 6.02. The van der Waals surface area contributed by atoms with Gasteiger partial charge in [-0.05, 0) is 61.2 Å². The van der Waals surface area contributed by atoms with Crippen molar-refractivity contribution in [3.8, 4) is 0 Å². The smallest absolute Gasteiger partial charge is 0.321 e. The molecular weight excluding hydrogens is 429 g/mol. The SMILES string of the molecule is O=C(Nc1ccc(F)cc1)N1CCN(c2cc(NCC3CC3)nc3cc(Cl)ccc23)CC1. The van der Waals surface area contributed by atoms with E-state index < -0.39 is 0 Å². The minimum absolute atomic E-state index is 0.172. The highest BCUT2D eigenvalue weighted by Crippen LogP contribution is 2.33. The number of nitrogens with one attached hydrogen (secondary N) is 2. The molecule has 166 valence electrons. The molecule has 32 heavy (non-hydrogen) atoms. The molecule has 2 fully saturated rings. The molecule has 3 aromatic rings. The lowest BCUT2D eigenvalue weighted by atomic mass is 10.1. The lowest BCUT2D eigenvalue weighted by Gasteiger charge is -2.36. The normalized spacial score (nSPS) is 16.3. The number of carbonyl (C=O) groups is 1. The Balaban J connectivity index is 1.30. The Morgan fingerprint density at radius 2 is 1.81 bits per heavy atom. The third-order valence-corrected chi connectivity index (χ3v) is 6.26. The zero-order valence-corrected chi connectivity index (χ0v) is 18.4. The van der Waals surface area contributed by atoms with Crippen molar-refractivity contribution in [3.63, 3.8) is 0 Å². The predicted molar refractivity (Wildman–Crippen MR) is 127 cm³/mol. The van der Waals surface area contributed by atoms with Gasteiger partial charge in [0.1, 0.15) is 11.6 Å². The number of rotatable bonds is 5. The van der Waals surface area contributed by atoms with Crippen LogP contribution in [0.15, 0.2) is 48.5 Å². The molecule has 0 bridgehead atoms. The van der Waals surface area contributed by atoms with Crippen LogP contribution in [0.5, 0.6) is 0 Å². The number of carbonyl (C=O) groups excluding carboxylic acids is 1. The zero-order valence-electron chi connectivity index (χ0n) is 17.7. The molecule has 2 amide bonds. The van der Waals surface area contributed by atoms with Crippen LogP contribution >= 0.6 is 11.6 Å². The lowest BCUT2D eigenvalue weighted by molar-refractivity contribution is 0.208. The number of hydrogen-bond donors (Lipinski definition) is 2. The van der Waals surface area contributed by atoms with E-state index in [0.717, 1.165) is 34.9 Å². The van der Waals surface area contributed by atoms with Crippen molar-refractivity contribution in [3.05, 3.63) is 59.4 Å². The fourth-order valence-electron chi connectivity index (χ4n) is 3.99. The maximum absolute atomic E-state index is 13.1. The van der Waals surface area contributed by atoms with E-state index in [1.54, 1.807) is 17.0 Å². The van der Waals surface area contributed by atoms with Crippen LogP contribution in [0.2, 0.25) is 5.02 Å². The monoisotopic (exact) mass is 453 g/mol. The molecule has 0 atom stereocenters. The van der Waals surface area contributed by atoms with Gasteiger partial charge in [0.25, 0.3) is 0 Å². The van der Waals surface area contributed by atoms with Gasteiger partial charge in [0, 0.05) is 60.6 Å². The molecule has 1 aliphatic heterocycles. The largest absolute Gasteiger partial charge is 0.370 e. The van der Waals surface area contributed by atoms with Crippen molar-refractivity contribution < 1.29 is 9.18 Å². The van der Waals surface area contributed by atoms with Gasteiger partial charge >= 0.3 is 6.03 Å². The van der Waals surface area contributed by atoms with Crippen LogP contribution in [-0.4, -0.2) is 48.6 Å². The molecule has 0 unspecified atom stereocenters. The number of halogens is 2. The van der Waals surface area contributed by atoms with Gasteiger partial charge in [-0.2, -0.15) is 0 Å². The van der Waals surface area contributed by atoms with Gasteiger partial charge in [-0.15, -0.1) is 0 Å². The zero-order chi connectivity index (χ0) is 22.1. The third kappa shape index (κ3) is 4.72. The molecule has 8 heteroatoms. The fourth-order valence-corrected chi connectivity index (χ4v) is 4.16. The highest BCUT2D eigenvalue weighted by Gasteiger charge is 2.24. The first kappa shape index (κ1) is 20.8. The summed E-state index contributed by atoms with van der Waals surface area (Å²) < 4.78 is 13.1. The van der Waals surface area contributed by atoms with Gasteiger partial charge in [-0.25, -0.2) is 14.2 Å². The van der Waals surface area contributed by atoms with E-state index in [4.69, 9.17) is 16.6 Å². The summed E-state index contributed by atoms with van der Waals surface area (Å²) in [7, 11) is 0. The van der Waals surface area contributed by atoms with Gasteiger partial charge in [0.2, 0.25) is 0 Å². The second-order valence-electron chi connectivity index (χ2n) is 8.42. The van der Waals surface area contributed by atoms with Crippen molar-refractivity contribution >= 4 is 45.7 Å². The standard InChI is InChI=1S/C24H25ClFN5O/c25-17-3-8-20-21(13-17)29-23(27-15-16-1-2-16)14-22(20)30-9-11-31(12-10-30)24(32)28-19-6-4-18(26)5-7-19/h3-8,13-14,16H,1-2,9-12,15H2,(H,27,29)(H,28,32). The van der Waals surface area contributed by atoms with Crippen LogP contribution in [0.3, 0.4) is 0 Å². The van der Waals surface area contributed by atoms with E-state index in [1.807, 2.05) is 18.2 Å². The second kappa shape index (κ2) is 8.82. The van der Waals surface area contributed by atoms with E-state index >= 15 is 0 Å². The predicted octanol–water partition coefficient (Wildman–Crippen LogP) is 5.20. The van der Waals surface area contributed by atoms with Gasteiger partial charge in [0.05, 0.1) is 5.52 Å². The molecule has 2 N–H and O–H groups in total. The highest BCUT2D eigenvalue weighted by molar-refractivity contribution is 6.31. The molecule has 2 aromatic carbocycles. The van der Waals surface area contributed by atoms with Crippen LogP contribution in [0.4, 0.5) is 26.4 Å². The molecule has 6 nitrogen and oxygen atoms in total. The van der Waals surface area contributed by atoms with Crippen LogP contribution in [-0.2, 0) is 0 Å². The number of aromatic nitrogens is 1. The fraction of sp³-hybridized carbons (Fsp3) is 0.333. The lowest BCUT2D eigenvalue weighted by Crippen LogP contribution is -2.50. The summed E-state index contributed by atoms with van der Waals surface area (Å²) in [5.41, 5.74) is 2.55. The molecule has 1 aliphatic carbocycles. The maximum atomic E-state index is 13.1. The number of hydrogen-bond acceptors (Lipinski definition) is 4. The number of piperazine rings is 1. The number of nitrogens with zero attached hydrogens (tertiary/aromatic N) is 3. The Morgan fingerprint density at radius 3 is 2.53 bits per heavy atom. The van der Waals surface area contributed by atoms with Crippen LogP contribution < -0.4 is 15.5 Å². The number of pyridine rings is 1. The first-order valence-corrected chi connectivity index (χ1v) is 11.3. The Bertz CT molecular complexity index is 1130. The Labute approximate surface area is 191 Å². The van der Waals surface area contributed by atoms with Crippen LogP contribution in [0, 0.1) is 11.7 Å². The Hall–Kier alpha value is -3.06. The summed E-state index contributed by atoms with van der Waals surface area (Å²) in [4.78, 5) is 21.5. The second-order valence-corrected chi connectivity index (χ2v) is 8.86. The number of benzene rings is 2. The average molecular weight is 454 g/mol. The quantitative estimate of drug-likeness (QED) is 0.557. The molecular formula is C24H25ClFN5O. The van der Waals surface area contributed by atoms with E-state index in [0.29, 0.717) is 36.9 Å². The highest BCUT2D eigenvalue weighted by atomic mass is 35.5. The number of urea groups is 1. The Morgan fingerprint density at radius 1 is 1.06 bits per heavy atom. The van der Waals surface area contributed by atoms with Crippen molar-refractivity contribution in [2.75, 3.05) is 48.3 Å². The average Bonchev–Trinajstić information content (AvgIpc) is 3.63. The molecule has 0 radical (unpaired) electrons. The number of fused-ring (bicyclic) bond motifs is 1. The first-order chi connectivity index (χ1) is 15.5. The summed E-state index contributed by atoms with van der Waals surface area (Å²) in [5, 5.41) is 8.03.